The average molecular weight is 312 g/mol. The number of aryl methyl sites for hydroxylation is 1. The van der Waals surface area contributed by atoms with Crippen LogP contribution in [0.4, 0.5) is 0 Å². The van der Waals surface area contributed by atoms with Crippen LogP contribution in [0.1, 0.15) is 35.7 Å². The van der Waals surface area contributed by atoms with Crippen LogP contribution in [-0.4, -0.2) is 33.1 Å². The van der Waals surface area contributed by atoms with Gasteiger partial charge < -0.3 is 10.1 Å². The van der Waals surface area contributed by atoms with Gasteiger partial charge in [-0.3, -0.25) is 4.79 Å². The monoisotopic (exact) mass is 312 g/mol. The predicted octanol–water partition coefficient (Wildman–Crippen LogP) is 0.941. The first kappa shape index (κ1) is 15.9. The number of rotatable bonds is 3. The largest absolute Gasteiger partial charge is 0.381 e. The van der Waals surface area contributed by atoms with Crippen LogP contribution in [0.3, 0.4) is 0 Å². The maximum absolute atomic E-state index is 12.4. The maximum Gasteiger partial charge on any atom is 0.252 e. The van der Waals surface area contributed by atoms with Crippen molar-refractivity contribution in [3.63, 3.8) is 0 Å². The Morgan fingerprint density at radius 1 is 1.33 bits per heavy atom. The molecule has 1 saturated heterocycles. The van der Waals surface area contributed by atoms with E-state index in [4.69, 9.17) is 9.88 Å². The zero-order valence-electron chi connectivity index (χ0n) is 12.2. The summed E-state index contributed by atoms with van der Waals surface area (Å²) in [4.78, 5) is 12.4. The molecular formula is C14H20N2O4S. The zero-order valence-corrected chi connectivity index (χ0v) is 13.0. The molecule has 116 valence electrons. The van der Waals surface area contributed by atoms with Crippen molar-refractivity contribution in [2.45, 2.75) is 37.1 Å². The number of hydrogen-bond acceptors (Lipinski definition) is 4. The van der Waals surface area contributed by atoms with E-state index in [-0.39, 0.29) is 16.3 Å². The molecule has 0 aromatic heterocycles. The quantitative estimate of drug-likeness (QED) is 0.867. The van der Waals surface area contributed by atoms with E-state index in [0.29, 0.717) is 24.3 Å². The molecule has 21 heavy (non-hydrogen) atoms. The summed E-state index contributed by atoms with van der Waals surface area (Å²) >= 11 is 0. The van der Waals surface area contributed by atoms with E-state index >= 15 is 0 Å². The average Bonchev–Trinajstić information content (AvgIpc) is 2.38. The molecule has 1 aliphatic heterocycles. The van der Waals surface area contributed by atoms with Gasteiger partial charge in [0.15, 0.2) is 0 Å². The van der Waals surface area contributed by atoms with Gasteiger partial charge in [0.25, 0.3) is 5.91 Å². The highest BCUT2D eigenvalue weighted by Gasteiger charge is 2.30. The summed E-state index contributed by atoms with van der Waals surface area (Å²) < 4.78 is 28.1. The van der Waals surface area contributed by atoms with Crippen LogP contribution in [0.15, 0.2) is 23.1 Å². The lowest BCUT2D eigenvalue weighted by molar-refractivity contribution is 0.0422. The number of nitrogens with two attached hydrogens (primary N) is 1. The van der Waals surface area contributed by atoms with Crippen molar-refractivity contribution in [2.75, 3.05) is 13.2 Å². The van der Waals surface area contributed by atoms with Crippen LogP contribution in [0.2, 0.25) is 0 Å². The number of primary sulfonamides is 1. The van der Waals surface area contributed by atoms with E-state index in [1.165, 1.54) is 12.1 Å². The first-order valence-electron chi connectivity index (χ1n) is 6.75. The summed E-state index contributed by atoms with van der Waals surface area (Å²) in [6.45, 7) is 4.93. The van der Waals surface area contributed by atoms with Gasteiger partial charge in [0, 0.05) is 24.3 Å². The second kappa shape index (κ2) is 5.75. The topological polar surface area (TPSA) is 98.5 Å². The minimum absolute atomic E-state index is 0.0598. The first-order chi connectivity index (χ1) is 9.71. The molecule has 0 spiro atoms. The summed E-state index contributed by atoms with van der Waals surface area (Å²) in [5, 5.41) is 8.09. The van der Waals surface area contributed by atoms with Crippen molar-refractivity contribution in [1.29, 1.82) is 0 Å². The number of hydrogen-bond donors (Lipinski definition) is 2. The van der Waals surface area contributed by atoms with Crippen molar-refractivity contribution < 1.29 is 17.9 Å². The van der Waals surface area contributed by atoms with Crippen LogP contribution >= 0.6 is 0 Å². The lowest BCUT2D eigenvalue weighted by atomic mass is 9.92. The zero-order chi connectivity index (χ0) is 15.7. The van der Waals surface area contributed by atoms with Crippen LogP contribution in [0.25, 0.3) is 0 Å². The molecule has 1 aromatic rings. The molecule has 1 heterocycles. The number of benzene rings is 1. The van der Waals surface area contributed by atoms with Gasteiger partial charge in [0.2, 0.25) is 10.0 Å². The van der Waals surface area contributed by atoms with E-state index in [1.807, 2.05) is 6.92 Å². The fourth-order valence-corrected chi connectivity index (χ4v) is 2.85. The van der Waals surface area contributed by atoms with Crippen molar-refractivity contribution in [1.82, 2.24) is 5.32 Å². The van der Waals surface area contributed by atoms with E-state index in [1.54, 1.807) is 13.0 Å². The number of carbonyl (C=O) groups excluding carboxylic acids is 1. The van der Waals surface area contributed by atoms with E-state index in [9.17, 15) is 13.2 Å². The molecule has 1 aliphatic rings. The summed E-state index contributed by atoms with van der Waals surface area (Å²) in [5.41, 5.74) is 0.698. The summed E-state index contributed by atoms with van der Waals surface area (Å²) in [6, 6.07) is 4.31. The summed E-state index contributed by atoms with van der Waals surface area (Å²) in [7, 11) is -3.82. The summed E-state index contributed by atoms with van der Waals surface area (Å²) in [5.74, 6) is -0.289. The number of sulfonamides is 1. The molecule has 0 aliphatic carbocycles. The van der Waals surface area contributed by atoms with Crippen molar-refractivity contribution in [2.24, 2.45) is 5.14 Å². The molecule has 0 unspecified atom stereocenters. The molecule has 0 saturated carbocycles. The van der Waals surface area contributed by atoms with Gasteiger partial charge >= 0.3 is 0 Å². The minimum atomic E-state index is -3.82. The molecule has 0 bridgehead atoms. The molecule has 1 fully saturated rings. The van der Waals surface area contributed by atoms with Gasteiger partial charge in [-0.05, 0) is 44.4 Å². The Kier molecular flexibility index (Phi) is 4.36. The Balaban J connectivity index is 2.26. The standard InChI is InChI=1S/C14H20N2O4S/c1-10-3-4-11(21(15,18)19)9-12(10)13(17)16-14(2)5-7-20-8-6-14/h3-4,9H,5-8H2,1-2H3,(H,16,17)(H2,15,18,19). The van der Waals surface area contributed by atoms with Gasteiger partial charge in [-0.15, -0.1) is 0 Å². The number of nitrogens with one attached hydrogen (secondary N) is 1. The van der Waals surface area contributed by atoms with Crippen LogP contribution in [-0.2, 0) is 14.8 Å². The minimum Gasteiger partial charge on any atom is -0.381 e. The molecule has 1 aromatic carbocycles. The SMILES string of the molecule is Cc1ccc(S(N)(=O)=O)cc1C(=O)NC1(C)CCOCC1. The molecule has 0 atom stereocenters. The fraction of sp³-hybridized carbons (Fsp3) is 0.500. The van der Waals surface area contributed by atoms with Crippen molar-refractivity contribution in [3.05, 3.63) is 29.3 Å². The van der Waals surface area contributed by atoms with Gasteiger partial charge in [-0.2, -0.15) is 0 Å². The van der Waals surface area contributed by atoms with Crippen LogP contribution in [0.5, 0.6) is 0 Å². The van der Waals surface area contributed by atoms with E-state index in [2.05, 4.69) is 5.32 Å². The van der Waals surface area contributed by atoms with Crippen LogP contribution < -0.4 is 10.5 Å². The van der Waals surface area contributed by atoms with Gasteiger partial charge in [0.05, 0.1) is 4.90 Å². The lowest BCUT2D eigenvalue weighted by Crippen LogP contribution is -2.49. The normalized spacial score (nSPS) is 18.2. The third kappa shape index (κ3) is 3.81. The van der Waals surface area contributed by atoms with Gasteiger partial charge in [-0.1, -0.05) is 6.07 Å². The molecule has 6 nitrogen and oxygen atoms in total. The highest BCUT2D eigenvalue weighted by atomic mass is 32.2. The van der Waals surface area contributed by atoms with Gasteiger partial charge in [-0.25, -0.2) is 13.6 Å². The lowest BCUT2D eigenvalue weighted by Gasteiger charge is -2.34. The van der Waals surface area contributed by atoms with Crippen molar-refractivity contribution >= 4 is 15.9 Å². The predicted molar refractivity (Wildman–Crippen MR) is 78.5 cm³/mol. The summed E-state index contributed by atoms with van der Waals surface area (Å²) in [6.07, 6.45) is 1.46. The third-order valence-corrected chi connectivity index (χ3v) is 4.70. The third-order valence-electron chi connectivity index (χ3n) is 3.79. The van der Waals surface area contributed by atoms with Crippen LogP contribution in [0, 0.1) is 6.92 Å². The Hall–Kier alpha value is -1.44. The highest BCUT2D eigenvalue weighted by Crippen LogP contribution is 2.22. The van der Waals surface area contributed by atoms with E-state index < -0.39 is 10.0 Å². The number of carbonyl (C=O) groups is 1. The molecule has 1 amide bonds. The fourth-order valence-electron chi connectivity index (χ4n) is 2.31. The second-order valence-corrected chi connectivity index (χ2v) is 7.21. The Labute approximate surface area is 124 Å². The Morgan fingerprint density at radius 3 is 2.52 bits per heavy atom. The van der Waals surface area contributed by atoms with Crippen molar-refractivity contribution in [3.8, 4) is 0 Å². The highest BCUT2D eigenvalue weighted by molar-refractivity contribution is 7.89. The molecule has 0 radical (unpaired) electrons. The first-order valence-corrected chi connectivity index (χ1v) is 8.30. The molecular weight excluding hydrogens is 292 g/mol. The molecule has 2 rings (SSSR count). The maximum atomic E-state index is 12.4. The molecule has 3 N–H and O–H groups in total. The molecule has 7 heteroatoms. The van der Waals surface area contributed by atoms with Gasteiger partial charge in [0.1, 0.15) is 0 Å². The Bertz CT molecular complexity index is 649. The number of amides is 1. The smallest absolute Gasteiger partial charge is 0.252 e. The Morgan fingerprint density at radius 2 is 1.95 bits per heavy atom. The number of ether oxygens (including phenoxy) is 1. The second-order valence-electron chi connectivity index (χ2n) is 5.65. The van der Waals surface area contributed by atoms with E-state index in [0.717, 1.165) is 12.8 Å².